The van der Waals surface area contributed by atoms with E-state index in [-0.39, 0.29) is 13.0 Å². The summed E-state index contributed by atoms with van der Waals surface area (Å²) in [5.41, 5.74) is 1.69. The summed E-state index contributed by atoms with van der Waals surface area (Å²) in [5.74, 6) is -1.15. The molecule has 1 atom stereocenters. The quantitative estimate of drug-likeness (QED) is 0.671. The van der Waals surface area contributed by atoms with Gasteiger partial charge in [0.2, 0.25) is 0 Å². The monoisotopic (exact) mass is 316 g/mol. The van der Waals surface area contributed by atoms with Gasteiger partial charge in [0.05, 0.1) is 0 Å². The summed E-state index contributed by atoms with van der Waals surface area (Å²) in [5, 5.41) is 15.2. The van der Waals surface area contributed by atoms with Crippen LogP contribution in [0.2, 0.25) is 0 Å². The molecule has 2 aromatic rings. The molecule has 3 rings (SSSR count). The molecule has 2 heterocycles. The first-order valence-electron chi connectivity index (χ1n) is 7.20. The van der Waals surface area contributed by atoms with Crippen LogP contribution in [-0.4, -0.2) is 52.2 Å². The Morgan fingerprint density at radius 1 is 1.35 bits per heavy atom. The third-order valence-corrected chi connectivity index (χ3v) is 3.80. The lowest BCUT2D eigenvalue weighted by atomic mass is 10.1. The molecule has 1 aromatic carbocycles. The molecule has 8 heteroatoms. The Labute approximate surface area is 131 Å². The van der Waals surface area contributed by atoms with Gasteiger partial charge >= 0.3 is 18.0 Å². The number of carboxylic acids is 1. The van der Waals surface area contributed by atoms with Crippen LogP contribution in [0.3, 0.4) is 0 Å². The van der Waals surface area contributed by atoms with Crippen molar-refractivity contribution in [2.45, 2.75) is 12.5 Å². The molecule has 0 radical (unpaired) electrons. The van der Waals surface area contributed by atoms with Crippen molar-refractivity contribution in [1.29, 1.82) is 0 Å². The van der Waals surface area contributed by atoms with Crippen molar-refractivity contribution < 1.29 is 19.5 Å². The number of carbonyl (C=O) groups is 3. The van der Waals surface area contributed by atoms with Gasteiger partial charge in [-0.3, -0.25) is 0 Å². The molecule has 1 aromatic heterocycles. The van der Waals surface area contributed by atoms with Crippen LogP contribution in [0.5, 0.6) is 0 Å². The molecule has 0 bridgehead atoms. The minimum Gasteiger partial charge on any atom is -0.480 e. The lowest BCUT2D eigenvalue weighted by Crippen LogP contribution is -2.49. The van der Waals surface area contributed by atoms with Gasteiger partial charge in [0.25, 0.3) is 0 Å². The van der Waals surface area contributed by atoms with E-state index in [1.54, 1.807) is 6.20 Å². The molecule has 1 unspecified atom stereocenters. The molecule has 120 valence electrons. The first-order valence-corrected chi connectivity index (χ1v) is 7.20. The number of aromatic amines is 1. The first kappa shape index (κ1) is 14.9. The second-order valence-corrected chi connectivity index (χ2v) is 5.29. The Hall–Kier alpha value is -3.03. The van der Waals surface area contributed by atoms with Gasteiger partial charge in [0, 0.05) is 36.6 Å². The average Bonchev–Trinajstić information content (AvgIpc) is 3.13. The number of amides is 4. The van der Waals surface area contributed by atoms with Crippen LogP contribution in [0.1, 0.15) is 5.56 Å². The number of aromatic nitrogens is 1. The number of aliphatic carboxylic acids is 1. The van der Waals surface area contributed by atoms with Crippen LogP contribution >= 0.6 is 0 Å². The number of carbonyl (C=O) groups excluding carboxylic acids is 2. The number of H-pyrrole nitrogens is 1. The van der Waals surface area contributed by atoms with Crippen LogP contribution in [0, 0.1) is 0 Å². The summed E-state index contributed by atoms with van der Waals surface area (Å²) in [6, 6.07) is 5.19. The van der Waals surface area contributed by atoms with Crippen molar-refractivity contribution in [3.63, 3.8) is 0 Å². The van der Waals surface area contributed by atoms with E-state index < -0.39 is 24.1 Å². The lowest BCUT2D eigenvalue weighted by molar-refractivity contribution is -0.139. The highest BCUT2D eigenvalue weighted by Crippen LogP contribution is 2.19. The number of urea groups is 2. The highest BCUT2D eigenvalue weighted by atomic mass is 16.4. The topological polar surface area (TPSA) is 115 Å². The third-order valence-electron chi connectivity index (χ3n) is 3.80. The van der Waals surface area contributed by atoms with Gasteiger partial charge < -0.3 is 20.7 Å². The fraction of sp³-hybridized carbons (Fsp3) is 0.267. The van der Waals surface area contributed by atoms with Crippen LogP contribution < -0.4 is 10.6 Å². The maximum atomic E-state index is 12.0. The van der Waals surface area contributed by atoms with E-state index in [0.717, 1.165) is 21.4 Å². The van der Waals surface area contributed by atoms with Gasteiger partial charge in [0.15, 0.2) is 0 Å². The van der Waals surface area contributed by atoms with Crippen LogP contribution in [0.4, 0.5) is 9.59 Å². The third kappa shape index (κ3) is 2.96. The zero-order valence-electron chi connectivity index (χ0n) is 12.2. The standard InChI is InChI=1S/C15H16N4O4/c20-13(21)12(18-15(23)19-6-5-16-14(19)22)7-9-8-17-11-4-2-1-3-10(9)11/h1-4,8,12,17H,5-7H2,(H,16,22)(H,18,23)(H,20,21). The largest absolute Gasteiger partial charge is 0.480 e. The molecule has 0 spiro atoms. The van der Waals surface area contributed by atoms with Crippen molar-refractivity contribution in [3.8, 4) is 0 Å². The van der Waals surface area contributed by atoms with Gasteiger partial charge in [0.1, 0.15) is 6.04 Å². The molecule has 1 aliphatic rings. The van der Waals surface area contributed by atoms with Crippen molar-refractivity contribution >= 4 is 28.9 Å². The summed E-state index contributed by atoms with van der Waals surface area (Å²) in [4.78, 5) is 39.0. The lowest BCUT2D eigenvalue weighted by Gasteiger charge is -2.18. The number of carboxylic acid groups (broad SMARTS) is 1. The second kappa shape index (κ2) is 5.99. The number of nitrogens with one attached hydrogen (secondary N) is 3. The molecule has 8 nitrogen and oxygen atoms in total. The molecular weight excluding hydrogens is 300 g/mol. The molecule has 23 heavy (non-hydrogen) atoms. The summed E-state index contributed by atoms with van der Waals surface area (Å²) in [7, 11) is 0. The summed E-state index contributed by atoms with van der Waals surface area (Å²) in [6.07, 6.45) is 1.86. The number of nitrogens with zero attached hydrogens (tertiary/aromatic N) is 1. The van der Waals surface area contributed by atoms with Gasteiger partial charge in [-0.1, -0.05) is 18.2 Å². The summed E-state index contributed by atoms with van der Waals surface area (Å²) >= 11 is 0. The molecule has 4 N–H and O–H groups in total. The second-order valence-electron chi connectivity index (χ2n) is 5.29. The van der Waals surface area contributed by atoms with E-state index in [9.17, 15) is 19.5 Å². The summed E-state index contributed by atoms with van der Waals surface area (Å²) < 4.78 is 0. The Morgan fingerprint density at radius 3 is 2.83 bits per heavy atom. The predicted octanol–water partition coefficient (Wildman–Crippen LogP) is 0.898. The molecular formula is C15H16N4O4. The van der Waals surface area contributed by atoms with Gasteiger partial charge in [-0.05, 0) is 11.6 Å². The Kier molecular flexibility index (Phi) is 3.88. The number of hydrogen-bond acceptors (Lipinski definition) is 3. The maximum absolute atomic E-state index is 12.0. The molecule has 0 aliphatic carbocycles. The highest BCUT2D eigenvalue weighted by molar-refractivity contribution is 5.96. The van der Waals surface area contributed by atoms with Crippen molar-refractivity contribution in [2.24, 2.45) is 0 Å². The smallest absolute Gasteiger partial charge is 0.326 e. The number of benzene rings is 1. The highest BCUT2D eigenvalue weighted by Gasteiger charge is 2.30. The minimum absolute atomic E-state index is 0.126. The molecule has 0 saturated carbocycles. The van der Waals surface area contributed by atoms with Gasteiger partial charge in [-0.15, -0.1) is 0 Å². The molecule has 1 saturated heterocycles. The SMILES string of the molecule is O=C(O)C(Cc1c[nH]c2ccccc12)NC(=O)N1CCNC1=O. The normalized spacial score (nSPS) is 15.5. The fourth-order valence-electron chi connectivity index (χ4n) is 2.61. The zero-order chi connectivity index (χ0) is 16.4. The predicted molar refractivity (Wildman–Crippen MR) is 82.1 cm³/mol. The molecule has 1 fully saturated rings. The number of rotatable bonds is 4. The van der Waals surface area contributed by atoms with E-state index in [2.05, 4.69) is 15.6 Å². The first-order chi connectivity index (χ1) is 11.1. The minimum atomic E-state index is -1.15. The zero-order valence-corrected chi connectivity index (χ0v) is 12.2. The molecule has 1 aliphatic heterocycles. The van der Waals surface area contributed by atoms with Crippen LogP contribution in [-0.2, 0) is 11.2 Å². The fourth-order valence-corrected chi connectivity index (χ4v) is 2.61. The van der Waals surface area contributed by atoms with Crippen molar-refractivity contribution in [2.75, 3.05) is 13.1 Å². The maximum Gasteiger partial charge on any atom is 0.326 e. The van der Waals surface area contributed by atoms with Crippen molar-refractivity contribution in [3.05, 3.63) is 36.0 Å². The van der Waals surface area contributed by atoms with E-state index in [1.165, 1.54) is 0 Å². The van der Waals surface area contributed by atoms with Crippen LogP contribution in [0.15, 0.2) is 30.5 Å². The van der Waals surface area contributed by atoms with Crippen molar-refractivity contribution in [1.82, 2.24) is 20.5 Å². The Morgan fingerprint density at radius 2 is 2.13 bits per heavy atom. The van der Waals surface area contributed by atoms with E-state index in [0.29, 0.717) is 6.54 Å². The van der Waals surface area contributed by atoms with E-state index in [4.69, 9.17) is 0 Å². The number of fused-ring (bicyclic) bond motifs is 1. The van der Waals surface area contributed by atoms with E-state index in [1.807, 2.05) is 24.3 Å². The molecule has 4 amide bonds. The van der Waals surface area contributed by atoms with Crippen LogP contribution in [0.25, 0.3) is 10.9 Å². The average molecular weight is 316 g/mol. The summed E-state index contributed by atoms with van der Waals surface area (Å²) in [6.45, 7) is 0.594. The number of para-hydroxylation sites is 1. The Balaban J connectivity index is 1.75. The van der Waals surface area contributed by atoms with E-state index >= 15 is 0 Å². The van der Waals surface area contributed by atoms with Gasteiger partial charge in [-0.2, -0.15) is 0 Å². The Bertz CT molecular complexity index is 770. The van der Waals surface area contributed by atoms with Gasteiger partial charge in [-0.25, -0.2) is 19.3 Å². The number of imide groups is 1. The number of hydrogen-bond donors (Lipinski definition) is 4.